The first kappa shape index (κ1) is 38.0. The Morgan fingerprint density at radius 3 is 0.909 bits per heavy atom. The quantitative estimate of drug-likeness (QED) is 0.0876. The molecule has 0 aliphatic carbocycles. The van der Waals surface area contributed by atoms with Gasteiger partial charge < -0.3 is 13.0 Å². The molecule has 0 heterocycles. The van der Waals surface area contributed by atoms with Gasteiger partial charge in [-0.1, -0.05) is 192 Å². The lowest BCUT2D eigenvalue weighted by atomic mass is 9.58. The van der Waals surface area contributed by atoms with Gasteiger partial charge in [0.1, 0.15) is 0 Å². The second-order valence-electron chi connectivity index (χ2n) is 20.0. The monoisotopic (exact) mass is 762 g/mol. The van der Waals surface area contributed by atoms with Crippen molar-refractivity contribution in [3.8, 4) is 0 Å². The Labute approximate surface area is 332 Å². The average Bonchev–Trinajstić information content (AvgIpc) is 3.11. The van der Waals surface area contributed by atoms with Crippen molar-refractivity contribution in [2.75, 3.05) is 0 Å². The molecule has 0 aromatic heterocycles. The van der Waals surface area contributed by atoms with Crippen molar-refractivity contribution in [1.29, 1.82) is 0 Å². The van der Waals surface area contributed by atoms with Gasteiger partial charge in [0, 0.05) is 0 Å². The predicted octanol–water partition coefficient (Wildman–Crippen LogP) is 12.8. The minimum atomic E-state index is -1.50. The van der Waals surface area contributed by atoms with E-state index in [1.54, 1.807) is 0 Å². The first-order valence-corrected chi connectivity index (χ1v) is 22.3. The topological polar surface area (TPSA) is 27.7 Å². The van der Waals surface area contributed by atoms with Gasteiger partial charge in [0.05, 0.1) is 11.2 Å². The van der Waals surface area contributed by atoms with Gasteiger partial charge in [-0.05, 0) is 97.4 Å². The maximum absolute atomic E-state index is 7.45. The van der Waals surface area contributed by atoms with E-state index in [4.69, 9.17) is 13.0 Å². The first-order chi connectivity index (χ1) is 25.8. The molecule has 0 fully saturated rings. The molecule has 8 aromatic carbocycles. The molecule has 55 heavy (non-hydrogen) atoms. The molecular formula is C50H58O3Si2. The van der Waals surface area contributed by atoms with E-state index in [9.17, 15) is 0 Å². The summed E-state index contributed by atoms with van der Waals surface area (Å²) in [6, 6.07) is 40.8. The van der Waals surface area contributed by atoms with Gasteiger partial charge in [0.25, 0.3) is 20.0 Å². The summed E-state index contributed by atoms with van der Waals surface area (Å²) in [6.07, 6.45) is 0. The fraction of sp³-hybridized carbons (Fsp3) is 0.360. The first-order valence-electron chi connectivity index (χ1n) is 20.0. The molecule has 0 amide bonds. The minimum absolute atomic E-state index is 0.241. The van der Waals surface area contributed by atoms with E-state index >= 15 is 0 Å². The zero-order valence-electron chi connectivity index (χ0n) is 35.0. The molecule has 0 bridgehead atoms. The molecule has 5 heteroatoms. The lowest BCUT2D eigenvalue weighted by Crippen LogP contribution is -2.54. The Kier molecular flexibility index (Phi) is 8.88. The summed E-state index contributed by atoms with van der Waals surface area (Å²) in [4.78, 5) is 0. The standard InChI is InChI=1S/C50H58O3Si2/c1-45(2,3)49(46(4,5)6,39-29-25-35-21-19-31-15-13-17-33-23-27-37(39)43(35)41(31)33)51-54-53-55-52-50(47(7,8)9,48(10,11)12)40-30-26-36-22-20-32-16-14-18-34-24-28-38(40)44(36)42(32)34/h13-30H,54-55H2,1-12H3. The highest BCUT2D eigenvalue weighted by molar-refractivity contribution is 6.35. The second kappa shape index (κ2) is 12.8. The summed E-state index contributed by atoms with van der Waals surface area (Å²) >= 11 is 0. The minimum Gasteiger partial charge on any atom is -0.424 e. The van der Waals surface area contributed by atoms with E-state index in [-0.39, 0.29) is 21.7 Å². The van der Waals surface area contributed by atoms with Crippen LogP contribution in [0, 0.1) is 21.7 Å². The Balaban J connectivity index is 1.18. The van der Waals surface area contributed by atoms with Crippen LogP contribution in [0.1, 0.15) is 94.2 Å². The van der Waals surface area contributed by atoms with Crippen LogP contribution in [0.2, 0.25) is 0 Å². The molecule has 0 atom stereocenters. The van der Waals surface area contributed by atoms with Crippen molar-refractivity contribution in [3.05, 3.63) is 120 Å². The molecule has 0 saturated carbocycles. The van der Waals surface area contributed by atoms with Gasteiger partial charge in [-0.2, -0.15) is 0 Å². The summed E-state index contributed by atoms with van der Waals surface area (Å²) < 4.78 is 21.7. The second-order valence-corrected chi connectivity index (χ2v) is 22.7. The van der Waals surface area contributed by atoms with Crippen LogP contribution < -0.4 is 0 Å². The van der Waals surface area contributed by atoms with Crippen molar-refractivity contribution in [3.63, 3.8) is 0 Å². The van der Waals surface area contributed by atoms with Crippen LogP contribution in [0.25, 0.3) is 64.6 Å². The van der Waals surface area contributed by atoms with E-state index in [1.807, 2.05) is 0 Å². The lowest BCUT2D eigenvalue weighted by Gasteiger charge is -2.55. The number of rotatable bonds is 8. The molecule has 0 aliphatic rings. The van der Waals surface area contributed by atoms with Crippen LogP contribution >= 0.6 is 0 Å². The van der Waals surface area contributed by atoms with E-state index < -0.39 is 31.2 Å². The number of hydrogen-bond donors (Lipinski definition) is 0. The van der Waals surface area contributed by atoms with E-state index in [0.29, 0.717) is 0 Å². The van der Waals surface area contributed by atoms with Gasteiger partial charge in [-0.15, -0.1) is 0 Å². The molecule has 284 valence electrons. The van der Waals surface area contributed by atoms with E-state index in [0.717, 1.165) is 0 Å². The molecule has 0 aliphatic heterocycles. The predicted molar refractivity (Wildman–Crippen MR) is 242 cm³/mol. The lowest BCUT2D eigenvalue weighted by molar-refractivity contribution is -0.136. The zero-order valence-corrected chi connectivity index (χ0v) is 37.9. The van der Waals surface area contributed by atoms with Gasteiger partial charge >= 0.3 is 0 Å². The summed E-state index contributed by atoms with van der Waals surface area (Å²) in [5.41, 5.74) is 0.267. The van der Waals surface area contributed by atoms with Crippen molar-refractivity contribution in [1.82, 2.24) is 0 Å². The van der Waals surface area contributed by atoms with Crippen LogP contribution in [0.3, 0.4) is 0 Å². The third-order valence-electron chi connectivity index (χ3n) is 12.8. The summed E-state index contributed by atoms with van der Waals surface area (Å²) in [7, 11) is -3.00. The molecule has 0 radical (unpaired) electrons. The van der Waals surface area contributed by atoms with Crippen LogP contribution in [-0.2, 0) is 24.2 Å². The fourth-order valence-corrected chi connectivity index (χ4v) is 14.6. The number of benzene rings is 8. The van der Waals surface area contributed by atoms with E-state index in [2.05, 4.69) is 192 Å². The highest BCUT2D eigenvalue weighted by atomic mass is 28.3. The van der Waals surface area contributed by atoms with Crippen molar-refractivity contribution in [2.24, 2.45) is 21.7 Å². The van der Waals surface area contributed by atoms with Gasteiger partial charge in [-0.25, -0.2) is 0 Å². The van der Waals surface area contributed by atoms with Gasteiger partial charge in [0.2, 0.25) is 0 Å². The summed E-state index contributed by atoms with van der Waals surface area (Å²) in [5, 5.41) is 15.5. The third kappa shape index (κ3) is 5.60. The summed E-state index contributed by atoms with van der Waals surface area (Å²) in [5.74, 6) is 0. The molecule has 0 spiro atoms. The van der Waals surface area contributed by atoms with Crippen LogP contribution in [-0.4, -0.2) is 20.0 Å². The fourth-order valence-electron chi connectivity index (χ4n) is 11.3. The van der Waals surface area contributed by atoms with Crippen molar-refractivity contribution in [2.45, 2.75) is 94.3 Å². The Hall–Kier alpha value is -3.85. The smallest absolute Gasteiger partial charge is 0.296 e. The zero-order chi connectivity index (χ0) is 39.3. The molecular weight excluding hydrogens is 705 g/mol. The Bertz CT molecular complexity index is 2440. The Morgan fingerprint density at radius 2 is 0.600 bits per heavy atom. The molecule has 3 nitrogen and oxygen atoms in total. The van der Waals surface area contributed by atoms with E-state index in [1.165, 1.54) is 75.8 Å². The van der Waals surface area contributed by atoms with Gasteiger partial charge in [0.15, 0.2) is 0 Å². The molecule has 8 rings (SSSR count). The molecule has 0 saturated heterocycles. The molecule has 0 N–H and O–H groups in total. The largest absolute Gasteiger partial charge is 0.424 e. The van der Waals surface area contributed by atoms with Crippen LogP contribution in [0.4, 0.5) is 0 Å². The average molecular weight is 763 g/mol. The van der Waals surface area contributed by atoms with Crippen molar-refractivity contribution >= 4 is 84.6 Å². The summed E-state index contributed by atoms with van der Waals surface area (Å²) in [6.45, 7) is 28.0. The molecule has 8 aromatic rings. The molecule has 0 unspecified atom stereocenters. The highest BCUT2D eigenvalue weighted by Gasteiger charge is 2.55. The van der Waals surface area contributed by atoms with Crippen LogP contribution in [0.15, 0.2) is 109 Å². The van der Waals surface area contributed by atoms with Crippen LogP contribution in [0.5, 0.6) is 0 Å². The number of hydrogen-bond acceptors (Lipinski definition) is 3. The van der Waals surface area contributed by atoms with Gasteiger partial charge in [-0.3, -0.25) is 0 Å². The normalized spacial score (nSPS) is 14.6. The maximum Gasteiger partial charge on any atom is 0.296 e. The maximum atomic E-state index is 7.45. The Morgan fingerprint density at radius 1 is 0.327 bits per heavy atom. The SMILES string of the molecule is CC(C)(C)C(O[SiH2]O[SiH2]OC(c1ccc2ccc3cccc4ccc1c2c34)(C(C)(C)C)C(C)(C)C)(c1ccc2ccc3cccc4ccc1c2c34)C(C)(C)C. The third-order valence-corrected chi connectivity index (χ3v) is 15.2. The van der Waals surface area contributed by atoms with Crippen molar-refractivity contribution < 1.29 is 13.0 Å². The highest BCUT2D eigenvalue weighted by Crippen LogP contribution is 2.58.